The van der Waals surface area contributed by atoms with Gasteiger partial charge in [-0.2, -0.15) is 0 Å². The summed E-state index contributed by atoms with van der Waals surface area (Å²) in [5, 5.41) is 4.94. The third-order valence-corrected chi connectivity index (χ3v) is 7.47. The number of rotatable bonds is 12. The van der Waals surface area contributed by atoms with Gasteiger partial charge in [0.1, 0.15) is 12.3 Å². The molecule has 42 heavy (non-hydrogen) atoms. The Morgan fingerprint density at radius 3 is 2.50 bits per heavy atom. The monoisotopic (exact) mass is 607 g/mol. The number of carbonyl (C=O) groups is 4. The molecule has 218 valence electrons. The number of benzene rings is 3. The van der Waals surface area contributed by atoms with Gasteiger partial charge in [-0.3, -0.25) is 24.1 Å². The molecule has 0 atom stereocenters. The van der Waals surface area contributed by atoms with Crippen molar-refractivity contribution in [1.29, 1.82) is 0 Å². The van der Waals surface area contributed by atoms with Crippen LogP contribution >= 0.6 is 23.5 Å². The zero-order valence-corrected chi connectivity index (χ0v) is 24.8. The van der Waals surface area contributed by atoms with Gasteiger partial charge >= 0.3 is 0 Å². The van der Waals surface area contributed by atoms with E-state index < -0.39 is 23.6 Å². The van der Waals surface area contributed by atoms with Crippen LogP contribution in [0.25, 0.3) is 6.08 Å². The molecule has 3 aromatic carbocycles. The van der Waals surface area contributed by atoms with Crippen molar-refractivity contribution >= 4 is 63.9 Å². The number of imide groups is 1. The van der Waals surface area contributed by atoms with Crippen LogP contribution in [0.2, 0.25) is 0 Å². The highest BCUT2D eigenvalue weighted by molar-refractivity contribution is 8.18. The van der Waals surface area contributed by atoms with Gasteiger partial charge in [-0.25, -0.2) is 0 Å². The molecule has 12 heteroatoms. The second kappa shape index (κ2) is 14.5. The molecule has 0 unspecified atom stereocenters. The van der Waals surface area contributed by atoms with Crippen LogP contribution in [0.15, 0.2) is 76.5 Å². The topological polar surface area (TPSA) is 123 Å². The fourth-order valence-electron chi connectivity index (χ4n) is 3.91. The normalized spacial score (nSPS) is 13.7. The van der Waals surface area contributed by atoms with E-state index in [1.54, 1.807) is 42.5 Å². The molecule has 1 aliphatic rings. The van der Waals surface area contributed by atoms with Gasteiger partial charge < -0.3 is 24.8 Å². The number of nitrogens with zero attached hydrogens (tertiary/aromatic N) is 1. The lowest BCUT2D eigenvalue weighted by Crippen LogP contribution is -2.36. The molecular formula is C30H29N3O7S2. The first-order valence-electron chi connectivity index (χ1n) is 12.8. The van der Waals surface area contributed by atoms with Crippen LogP contribution in [-0.2, 0) is 14.4 Å². The van der Waals surface area contributed by atoms with E-state index in [0.29, 0.717) is 40.8 Å². The van der Waals surface area contributed by atoms with Crippen molar-refractivity contribution in [2.45, 2.75) is 11.8 Å². The lowest BCUT2D eigenvalue weighted by molar-refractivity contribution is -0.127. The molecule has 10 nitrogen and oxygen atoms in total. The molecule has 2 N–H and O–H groups in total. The minimum Gasteiger partial charge on any atom is -0.493 e. The number of thioether (sulfide) groups is 2. The van der Waals surface area contributed by atoms with E-state index in [2.05, 4.69) is 10.6 Å². The van der Waals surface area contributed by atoms with Gasteiger partial charge in [-0.05, 0) is 79.0 Å². The third kappa shape index (κ3) is 7.86. The molecule has 1 aliphatic heterocycles. The van der Waals surface area contributed by atoms with Crippen LogP contribution in [0.1, 0.15) is 12.5 Å². The first-order chi connectivity index (χ1) is 20.3. The molecule has 0 saturated carbocycles. The molecule has 0 spiro atoms. The quantitative estimate of drug-likeness (QED) is 0.203. The molecule has 0 aromatic heterocycles. The van der Waals surface area contributed by atoms with E-state index in [9.17, 15) is 19.2 Å². The number of carbonyl (C=O) groups excluding carboxylic acids is 4. The SMILES string of the molecule is CCOc1ccccc1NC(=O)COc1ccc(/C=C2/SC(=O)N(CC(=O)Nc3cccc(SC)c3)C2=O)cc1OC. The second-order valence-electron chi connectivity index (χ2n) is 8.72. The van der Waals surface area contributed by atoms with Crippen LogP contribution in [0.4, 0.5) is 16.2 Å². The molecule has 0 radical (unpaired) electrons. The van der Waals surface area contributed by atoms with E-state index in [1.165, 1.54) is 24.9 Å². The second-order valence-corrected chi connectivity index (χ2v) is 10.6. The highest BCUT2D eigenvalue weighted by Crippen LogP contribution is 2.34. The number of hydrogen-bond acceptors (Lipinski definition) is 9. The molecule has 0 bridgehead atoms. The van der Waals surface area contributed by atoms with Crippen LogP contribution in [0.3, 0.4) is 0 Å². The molecular weight excluding hydrogens is 578 g/mol. The summed E-state index contributed by atoms with van der Waals surface area (Å²) in [5.41, 5.74) is 1.68. The van der Waals surface area contributed by atoms with Gasteiger partial charge in [-0.1, -0.05) is 24.3 Å². The number of anilines is 2. The van der Waals surface area contributed by atoms with Crippen molar-refractivity contribution in [2.24, 2.45) is 0 Å². The standard InChI is InChI=1S/C30H29N3O7S2/c1-4-39-23-11-6-5-10-22(23)32-28(35)18-40-24-13-12-19(14-25(24)38-2)15-26-29(36)33(30(37)42-26)17-27(34)31-20-8-7-9-21(16-20)41-3/h5-16H,4,17-18H2,1-3H3,(H,31,34)(H,32,35)/b26-15+. The molecule has 3 aromatic rings. The third-order valence-electron chi connectivity index (χ3n) is 5.83. The van der Waals surface area contributed by atoms with Gasteiger partial charge in [0.05, 0.1) is 24.3 Å². The summed E-state index contributed by atoms with van der Waals surface area (Å²) >= 11 is 2.28. The van der Waals surface area contributed by atoms with Crippen molar-refractivity contribution in [3.63, 3.8) is 0 Å². The maximum absolute atomic E-state index is 12.9. The number of amides is 4. The largest absolute Gasteiger partial charge is 0.493 e. The summed E-state index contributed by atoms with van der Waals surface area (Å²) in [4.78, 5) is 52.6. The van der Waals surface area contributed by atoms with Crippen LogP contribution in [0, 0.1) is 0 Å². The Bertz CT molecular complexity index is 1530. The van der Waals surface area contributed by atoms with E-state index in [-0.39, 0.29) is 17.4 Å². The van der Waals surface area contributed by atoms with Crippen LogP contribution in [-0.4, -0.2) is 61.0 Å². The maximum Gasteiger partial charge on any atom is 0.294 e. The van der Waals surface area contributed by atoms with Gasteiger partial charge in [-0.15, -0.1) is 11.8 Å². The van der Waals surface area contributed by atoms with Crippen molar-refractivity contribution in [2.75, 3.05) is 43.8 Å². The Hall–Kier alpha value is -4.42. The summed E-state index contributed by atoms with van der Waals surface area (Å²) in [6.07, 6.45) is 3.46. The predicted octanol–water partition coefficient (Wildman–Crippen LogP) is 5.51. The molecule has 4 rings (SSSR count). The highest BCUT2D eigenvalue weighted by Gasteiger charge is 2.36. The van der Waals surface area contributed by atoms with E-state index in [4.69, 9.17) is 14.2 Å². The number of hydrogen-bond donors (Lipinski definition) is 2. The minimum atomic E-state index is -0.568. The molecule has 4 amide bonds. The molecule has 1 saturated heterocycles. The van der Waals surface area contributed by atoms with Gasteiger partial charge in [0.2, 0.25) is 5.91 Å². The van der Waals surface area contributed by atoms with Gasteiger partial charge in [0.25, 0.3) is 17.1 Å². The average molecular weight is 608 g/mol. The molecule has 1 fully saturated rings. The van der Waals surface area contributed by atoms with Crippen LogP contribution < -0.4 is 24.8 Å². The number of para-hydroxylation sites is 2. The first kappa shape index (κ1) is 30.5. The lowest BCUT2D eigenvalue weighted by atomic mass is 10.2. The Morgan fingerprint density at radius 1 is 0.929 bits per heavy atom. The Balaban J connectivity index is 1.37. The summed E-state index contributed by atoms with van der Waals surface area (Å²) in [5.74, 6) is -0.230. The van der Waals surface area contributed by atoms with E-state index >= 15 is 0 Å². The maximum atomic E-state index is 12.9. The Kier molecular flexibility index (Phi) is 10.5. The zero-order valence-electron chi connectivity index (χ0n) is 23.2. The van der Waals surface area contributed by atoms with Crippen LogP contribution in [0.5, 0.6) is 17.2 Å². The first-order valence-corrected chi connectivity index (χ1v) is 14.9. The fraction of sp³-hybridized carbons (Fsp3) is 0.200. The van der Waals surface area contributed by atoms with Crippen molar-refractivity contribution in [3.8, 4) is 17.2 Å². The number of methoxy groups -OCH3 is 1. The fourth-order valence-corrected chi connectivity index (χ4v) is 5.20. The zero-order chi connectivity index (χ0) is 30.1. The summed E-state index contributed by atoms with van der Waals surface area (Å²) in [6, 6.07) is 19.3. The number of nitrogens with one attached hydrogen (secondary N) is 2. The lowest BCUT2D eigenvalue weighted by Gasteiger charge is -2.13. The van der Waals surface area contributed by atoms with Crippen molar-refractivity contribution in [3.05, 3.63) is 77.2 Å². The van der Waals surface area contributed by atoms with Crippen molar-refractivity contribution in [1.82, 2.24) is 4.90 Å². The van der Waals surface area contributed by atoms with E-state index in [0.717, 1.165) is 21.6 Å². The van der Waals surface area contributed by atoms with Gasteiger partial charge in [0.15, 0.2) is 18.1 Å². The Morgan fingerprint density at radius 2 is 1.74 bits per heavy atom. The highest BCUT2D eigenvalue weighted by atomic mass is 32.2. The average Bonchev–Trinajstić information content (AvgIpc) is 3.24. The number of ether oxygens (including phenoxy) is 3. The summed E-state index contributed by atoms with van der Waals surface area (Å²) < 4.78 is 16.6. The van der Waals surface area contributed by atoms with Gasteiger partial charge in [0, 0.05) is 10.6 Å². The Labute approximate surface area is 251 Å². The molecule has 0 aliphatic carbocycles. The minimum absolute atomic E-state index is 0.167. The van der Waals surface area contributed by atoms with Crippen molar-refractivity contribution < 1.29 is 33.4 Å². The summed E-state index contributed by atoms with van der Waals surface area (Å²) in [7, 11) is 1.45. The molecule has 1 heterocycles. The summed E-state index contributed by atoms with van der Waals surface area (Å²) in [6.45, 7) is 1.63. The smallest absolute Gasteiger partial charge is 0.294 e. The predicted molar refractivity (Wildman–Crippen MR) is 164 cm³/mol. The van der Waals surface area contributed by atoms with E-state index in [1.807, 2.05) is 37.4 Å².